The van der Waals surface area contributed by atoms with Crippen LogP contribution in [0, 0.1) is 6.92 Å². The molecule has 1 saturated heterocycles. The molecule has 1 aliphatic rings. The van der Waals surface area contributed by atoms with Crippen LogP contribution < -0.4 is 10.2 Å². The van der Waals surface area contributed by atoms with Crippen LogP contribution >= 0.6 is 0 Å². The van der Waals surface area contributed by atoms with E-state index >= 15 is 0 Å². The van der Waals surface area contributed by atoms with Gasteiger partial charge in [-0.3, -0.25) is 19.3 Å². The van der Waals surface area contributed by atoms with Crippen molar-refractivity contribution in [3.05, 3.63) is 71.8 Å². The van der Waals surface area contributed by atoms with Crippen molar-refractivity contribution in [2.75, 3.05) is 18.1 Å². The maximum absolute atomic E-state index is 13.1. The normalized spacial score (nSPS) is 18.4. The van der Waals surface area contributed by atoms with E-state index in [1.807, 2.05) is 67.6 Å². The van der Waals surface area contributed by atoms with Crippen LogP contribution in [0.3, 0.4) is 0 Å². The fourth-order valence-corrected chi connectivity index (χ4v) is 3.29. The summed E-state index contributed by atoms with van der Waals surface area (Å²) in [5.74, 6) is -1.09. The van der Waals surface area contributed by atoms with Gasteiger partial charge in [0.1, 0.15) is 6.54 Å². The number of amides is 2. The molecule has 2 amide bonds. The van der Waals surface area contributed by atoms with Gasteiger partial charge in [0.25, 0.3) is 5.91 Å². The fraction of sp³-hybridized carbons (Fsp3) is 0.261. The monoisotopic (exact) mass is 392 g/mol. The molecule has 0 unspecified atom stereocenters. The summed E-state index contributed by atoms with van der Waals surface area (Å²) in [7, 11) is 0. The minimum absolute atomic E-state index is 0.0267. The SMILES string of the molecule is CCOC(=O)CNC(=O)[C@]1(/C=C/c2ccccc2)CC(=O)N1c1ccc(C)cc1. The highest BCUT2D eigenvalue weighted by Crippen LogP contribution is 2.39. The van der Waals surface area contributed by atoms with E-state index in [-0.39, 0.29) is 25.5 Å². The average Bonchev–Trinajstić information content (AvgIpc) is 2.71. The molecule has 0 radical (unpaired) electrons. The van der Waals surface area contributed by atoms with E-state index in [1.165, 1.54) is 4.90 Å². The van der Waals surface area contributed by atoms with Crippen molar-refractivity contribution in [1.29, 1.82) is 0 Å². The zero-order chi connectivity index (χ0) is 20.9. The Labute approximate surface area is 170 Å². The Hall–Kier alpha value is -3.41. The Bertz CT molecular complexity index is 922. The quantitative estimate of drug-likeness (QED) is 0.581. The molecule has 3 rings (SSSR count). The lowest BCUT2D eigenvalue weighted by Crippen LogP contribution is -2.70. The Morgan fingerprint density at radius 3 is 2.45 bits per heavy atom. The van der Waals surface area contributed by atoms with Gasteiger partial charge in [-0.1, -0.05) is 54.1 Å². The van der Waals surface area contributed by atoms with Gasteiger partial charge < -0.3 is 10.1 Å². The molecule has 2 aromatic rings. The number of nitrogens with one attached hydrogen (secondary N) is 1. The van der Waals surface area contributed by atoms with Gasteiger partial charge in [-0.05, 0) is 37.6 Å². The zero-order valence-electron chi connectivity index (χ0n) is 16.6. The fourth-order valence-electron chi connectivity index (χ4n) is 3.29. The number of β-lactam (4-membered cyclic amide) rings is 1. The van der Waals surface area contributed by atoms with Crippen LogP contribution in [0.2, 0.25) is 0 Å². The third kappa shape index (κ3) is 4.37. The highest BCUT2D eigenvalue weighted by molar-refractivity contribution is 6.15. The van der Waals surface area contributed by atoms with E-state index in [2.05, 4.69) is 5.32 Å². The van der Waals surface area contributed by atoms with Crippen molar-refractivity contribution >= 4 is 29.5 Å². The van der Waals surface area contributed by atoms with E-state index in [0.717, 1.165) is 11.1 Å². The van der Waals surface area contributed by atoms with Gasteiger partial charge in [0.05, 0.1) is 13.0 Å². The Kier molecular flexibility index (Phi) is 6.12. The Morgan fingerprint density at radius 1 is 1.14 bits per heavy atom. The van der Waals surface area contributed by atoms with Gasteiger partial charge in [0.2, 0.25) is 5.91 Å². The molecule has 0 aliphatic carbocycles. The molecule has 1 fully saturated rings. The summed E-state index contributed by atoms with van der Waals surface area (Å²) in [6, 6.07) is 17.0. The molecule has 150 valence electrons. The van der Waals surface area contributed by atoms with Gasteiger partial charge in [-0.15, -0.1) is 0 Å². The number of benzene rings is 2. The largest absolute Gasteiger partial charge is 0.465 e. The number of hydrogen-bond acceptors (Lipinski definition) is 4. The van der Waals surface area contributed by atoms with Crippen molar-refractivity contribution in [1.82, 2.24) is 5.32 Å². The Morgan fingerprint density at radius 2 is 1.83 bits per heavy atom. The molecule has 6 nitrogen and oxygen atoms in total. The highest BCUT2D eigenvalue weighted by Gasteiger charge is 2.55. The number of rotatable bonds is 7. The van der Waals surface area contributed by atoms with E-state index in [4.69, 9.17) is 4.74 Å². The molecule has 1 atom stereocenters. The number of ether oxygens (including phenoxy) is 1. The second-order valence-corrected chi connectivity index (χ2v) is 6.90. The molecule has 29 heavy (non-hydrogen) atoms. The first kappa shape index (κ1) is 20.3. The standard InChI is InChI=1S/C23H24N2O4/c1-3-29-21(27)16-24-22(28)23(14-13-18-7-5-4-6-8-18)15-20(26)25(23)19-11-9-17(2)10-12-19/h4-14H,3,15-16H2,1-2H3,(H,24,28)/b14-13+/t23-/m0/s1. The van der Waals surface area contributed by atoms with E-state index in [1.54, 1.807) is 13.0 Å². The first-order valence-electron chi connectivity index (χ1n) is 9.54. The summed E-state index contributed by atoms with van der Waals surface area (Å²) >= 11 is 0. The summed E-state index contributed by atoms with van der Waals surface area (Å²) in [5.41, 5.74) is 1.40. The van der Waals surface area contributed by atoms with Crippen LogP contribution in [0.1, 0.15) is 24.5 Å². The molecule has 6 heteroatoms. The summed E-state index contributed by atoms with van der Waals surface area (Å²) in [6.07, 6.45) is 3.57. The molecule has 0 saturated carbocycles. The zero-order valence-corrected chi connectivity index (χ0v) is 16.6. The average molecular weight is 392 g/mol. The summed E-state index contributed by atoms with van der Waals surface area (Å²) in [5, 5.41) is 2.62. The number of hydrogen-bond donors (Lipinski definition) is 1. The predicted molar refractivity (Wildman–Crippen MR) is 111 cm³/mol. The van der Waals surface area contributed by atoms with Crippen molar-refractivity contribution in [2.24, 2.45) is 0 Å². The van der Waals surface area contributed by atoms with Gasteiger partial charge in [0.15, 0.2) is 5.54 Å². The van der Waals surface area contributed by atoms with Crippen molar-refractivity contribution in [2.45, 2.75) is 25.8 Å². The molecule has 2 aromatic carbocycles. The molecular formula is C23H24N2O4. The van der Waals surface area contributed by atoms with Crippen LogP contribution in [0.5, 0.6) is 0 Å². The number of carbonyl (C=O) groups excluding carboxylic acids is 3. The van der Waals surface area contributed by atoms with E-state index in [9.17, 15) is 14.4 Å². The number of anilines is 1. The van der Waals surface area contributed by atoms with Crippen LogP contribution in [0.15, 0.2) is 60.7 Å². The van der Waals surface area contributed by atoms with Crippen molar-refractivity contribution < 1.29 is 19.1 Å². The Balaban J connectivity index is 1.91. The molecule has 1 N–H and O–H groups in total. The number of nitrogens with zero attached hydrogens (tertiary/aromatic N) is 1. The summed E-state index contributed by atoms with van der Waals surface area (Å²) < 4.78 is 4.88. The van der Waals surface area contributed by atoms with E-state index < -0.39 is 17.4 Å². The topological polar surface area (TPSA) is 75.7 Å². The highest BCUT2D eigenvalue weighted by atomic mass is 16.5. The summed E-state index contributed by atoms with van der Waals surface area (Å²) in [6.45, 7) is 3.65. The minimum Gasteiger partial charge on any atom is -0.465 e. The minimum atomic E-state index is -1.20. The lowest BCUT2D eigenvalue weighted by molar-refractivity contribution is -0.144. The van der Waals surface area contributed by atoms with Crippen LogP contribution in [-0.4, -0.2) is 36.5 Å². The molecule has 0 spiro atoms. The van der Waals surface area contributed by atoms with Crippen molar-refractivity contribution in [3.63, 3.8) is 0 Å². The van der Waals surface area contributed by atoms with Gasteiger partial charge in [0, 0.05) is 5.69 Å². The van der Waals surface area contributed by atoms with Crippen molar-refractivity contribution in [3.8, 4) is 0 Å². The van der Waals surface area contributed by atoms with Crippen LogP contribution in [0.25, 0.3) is 6.08 Å². The first-order chi connectivity index (χ1) is 14.0. The van der Waals surface area contributed by atoms with Crippen LogP contribution in [-0.2, 0) is 19.1 Å². The maximum Gasteiger partial charge on any atom is 0.325 e. The van der Waals surface area contributed by atoms with Crippen LogP contribution in [0.4, 0.5) is 5.69 Å². The summed E-state index contributed by atoms with van der Waals surface area (Å²) in [4.78, 5) is 38.8. The lowest BCUT2D eigenvalue weighted by atomic mass is 9.81. The first-order valence-corrected chi connectivity index (χ1v) is 9.54. The molecule has 1 heterocycles. The number of esters is 1. The predicted octanol–water partition coefficient (Wildman–Crippen LogP) is 2.86. The van der Waals surface area contributed by atoms with Gasteiger partial charge in [-0.2, -0.15) is 0 Å². The molecule has 1 aliphatic heterocycles. The lowest BCUT2D eigenvalue weighted by Gasteiger charge is -2.48. The third-order valence-corrected chi connectivity index (χ3v) is 4.80. The third-order valence-electron chi connectivity index (χ3n) is 4.80. The van der Waals surface area contributed by atoms with Gasteiger partial charge in [-0.25, -0.2) is 0 Å². The molecular weight excluding hydrogens is 368 g/mol. The van der Waals surface area contributed by atoms with E-state index in [0.29, 0.717) is 5.69 Å². The molecule has 0 bridgehead atoms. The maximum atomic E-state index is 13.1. The number of carbonyl (C=O) groups is 3. The second-order valence-electron chi connectivity index (χ2n) is 6.90. The number of aryl methyl sites for hydroxylation is 1. The second kappa shape index (κ2) is 8.73. The molecule has 0 aromatic heterocycles. The van der Waals surface area contributed by atoms with Gasteiger partial charge >= 0.3 is 5.97 Å². The smallest absolute Gasteiger partial charge is 0.325 e.